The van der Waals surface area contributed by atoms with E-state index < -0.39 is 0 Å². The first-order chi connectivity index (χ1) is 13.1. The van der Waals surface area contributed by atoms with E-state index in [9.17, 15) is 9.59 Å². The third-order valence-corrected chi connectivity index (χ3v) is 6.61. The highest BCUT2D eigenvalue weighted by Crippen LogP contribution is 2.45. The molecule has 2 heterocycles. The minimum Gasteiger partial charge on any atom is -0.381 e. The number of hydrogen-bond acceptors (Lipinski definition) is 3. The van der Waals surface area contributed by atoms with E-state index in [0.29, 0.717) is 37.8 Å². The lowest BCUT2D eigenvalue weighted by molar-refractivity contribution is -0.129. The predicted octanol–water partition coefficient (Wildman–Crippen LogP) is 2.64. The topological polar surface area (TPSA) is 58.6 Å². The normalized spacial score (nSPS) is 24.2. The molecule has 1 atom stereocenters. The van der Waals surface area contributed by atoms with Gasteiger partial charge in [-0.25, -0.2) is 0 Å². The molecular weight excluding hydrogens is 340 g/mol. The number of nitrogens with zero attached hydrogens (tertiary/aromatic N) is 1. The number of carbonyl (C=O) groups excluding carboxylic acids is 2. The zero-order valence-electron chi connectivity index (χ0n) is 16.2. The standard InChI is InChI=1S/C22H30N2O3/c1-2-16-5-7-18(8-6-16)21(26)24-14-19(20(25)23-13-17-3-4-17)22(15-24)9-11-27-12-10-22/h5-8,17,19H,2-4,9-15H2,1H3,(H,23,25)/t19-/m1/s1. The summed E-state index contributed by atoms with van der Waals surface area (Å²) in [6.45, 7) is 5.43. The maximum atomic E-state index is 13.1. The molecular formula is C22H30N2O3. The predicted molar refractivity (Wildman–Crippen MR) is 103 cm³/mol. The van der Waals surface area contributed by atoms with Gasteiger partial charge >= 0.3 is 0 Å². The number of amides is 2. The van der Waals surface area contributed by atoms with Crippen LogP contribution < -0.4 is 5.32 Å². The molecule has 2 aliphatic heterocycles. The second kappa shape index (κ2) is 7.63. The van der Waals surface area contributed by atoms with Gasteiger partial charge in [-0.3, -0.25) is 9.59 Å². The number of nitrogens with one attached hydrogen (secondary N) is 1. The van der Waals surface area contributed by atoms with Crippen molar-refractivity contribution in [1.82, 2.24) is 10.2 Å². The van der Waals surface area contributed by atoms with Crippen LogP contribution in [0.2, 0.25) is 0 Å². The number of hydrogen-bond donors (Lipinski definition) is 1. The van der Waals surface area contributed by atoms with Gasteiger partial charge in [0.05, 0.1) is 5.92 Å². The Morgan fingerprint density at radius 2 is 1.89 bits per heavy atom. The number of likely N-dealkylation sites (tertiary alicyclic amines) is 1. The fraction of sp³-hybridized carbons (Fsp3) is 0.636. The van der Waals surface area contributed by atoms with Crippen molar-refractivity contribution < 1.29 is 14.3 Å². The first-order valence-corrected chi connectivity index (χ1v) is 10.3. The van der Waals surface area contributed by atoms with Crippen molar-refractivity contribution in [1.29, 1.82) is 0 Å². The lowest BCUT2D eigenvalue weighted by Crippen LogP contribution is -2.44. The molecule has 3 fully saturated rings. The zero-order valence-corrected chi connectivity index (χ0v) is 16.2. The summed E-state index contributed by atoms with van der Waals surface area (Å²) in [5.74, 6) is 0.705. The molecule has 0 bridgehead atoms. The fourth-order valence-electron chi connectivity index (χ4n) is 4.52. The Kier molecular flexibility index (Phi) is 5.22. The van der Waals surface area contributed by atoms with Crippen LogP contribution in [-0.4, -0.2) is 49.6 Å². The summed E-state index contributed by atoms with van der Waals surface area (Å²) in [5, 5.41) is 3.15. The summed E-state index contributed by atoms with van der Waals surface area (Å²) in [5.41, 5.74) is 1.81. The van der Waals surface area contributed by atoms with Crippen LogP contribution in [0.3, 0.4) is 0 Å². The highest BCUT2D eigenvalue weighted by Gasteiger charge is 2.51. The molecule has 146 valence electrons. The molecule has 5 heteroatoms. The zero-order chi connectivity index (χ0) is 18.9. The van der Waals surface area contributed by atoms with Crippen LogP contribution in [0.5, 0.6) is 0 Å². The Morgan fingerprint density at radius 3 is 2.52 bits per heavy atom. The van der Waals surface area contributed by atoms with E-state index >= 15 is 0 Å². The van der Waals surface area contributed by atoms with Gasteiger partial charge in [-0.2, -0.15) is 0 Å². The largest absolute Gasteiger partial charge is 0.381 e. The van der Waals surface area contributed by atoms with E-state index in [1.54, 1.807) is 0 Å². The monoisotopic (exact) mass is 370 g/mol. The highest BCUT2D eigenvalue weighted by molar-refractivity contribution is 5.95. The van der Waals surface area contributed by atoms with Crippen LogP contribution in [0.15, 0.2) is 24.3 Å². The lowest BCUT2D eigenvalue weighted by Gasteiger charge is -2.37. The number of rotatable bonds is 5. The summed E-state index contributed by atoms with van der Waals surface area (Å²) in [6.07, 6.45) is 5.12. The second-order valence-electron chi connectivity index (χ2n) is 8.45. The molecule has 1 saturated carbocycles. The van der Waals surface area contributed by atoms with Crippen LogP contribution >= 0.6 is 0 Å². The Morgan fingerprint density at radius 1 is 1.19 bits per heavy atom. The van der Waals surface area contributed by atoms with Gasteiger partial charge in [0.2, 0.25) is 5.91 Å². The summed E-state index contributed by atoms with van der Waals surface area (Å²) in [6, 6.07) is 7.87. The average molecular weight is 370 g/mol. The molecule has 1 aliphatic carbocycles. The molecule has 0 radical (unpaired) electrons. The maximum Gasteiger partial charge on any atom is 0.253 e. The molecule has 0 unspecified atom stereocenters. The molecule has 3 aliphatic rings. The smallest absolute Gasteiger partial charge is 0.253 e. The molecule has 1 aromatic rings. The Balaban J connectivity index is 1.50. The first kappa shape index (κ1) is 18.5. The molecule has 0 aromatic heterocycles. The third kappa shape index (κ3) is 3.88. The van der Waals surface area contributed by atoms with Gasteiger partial charge < -0.3 is 15.0 Å². The lowest BCUT2D eigenvalue weighted by atomic mass is 9.71. The minimum atomic E-state index is -0.134. The molecule has 4 rings (SSSR count). The van der Waals surface area contributed by atoms with Crippen molar-refractivity contribution in [3.63, 3.8) is 0 Å². The number of benzene rings is 1. The Bertz CT molecular complexity index is 690. The third-order valence-electron chi connectivity index (χ3n) is 6.61. The fourth-order valence-corrected chi connectivity index (χ4v) is 4.52. The van der Waals surface area contributed by atoms with E-state index in [0.717, 1.165) is 25.8 Å². The van der Waals surface area contributed by atoms with Gasteiger partial charge in [-0.05, 0) is 55.7 Å². The summed E-state index contributed by atoms with van der Waals surface area (Å²) in [4.78, 5) is 27.9. The molecule has 1 N–H and O–H groups in total. The van der Waals surface area contributed by atoms with Crippen molar-refractivity contribution >= 4 is 11.8 Å². The molecule has 2 amide bonds. The van der Waals surface area contributed by atoms with Gasteiger partial charge in [-0.15, -0.1) is 0 Å². The highest BCUT2D eigenvalue weighted by atomic mass is 16.5. The quantitative estimate of drug-likeness (QED) is 0.867. The van der Waals surface area contributed by atoms with Gasteiger partial charge in [-0.1, -0.05) is 19.1 Å². The van der Waals surface area contributed by atoms with Crippen molar-refractivity contribution in [2.45, 2.75) is 39.0 Å². The Labute approximate surface area is 161 Å². The van der Waals surface area contributed by atoms with Crippen molar-refractivity contribution in [2.24, 2.45) is 17.3 Å². The summed E-state index contributed by atoms with van der Waals surface area (Å²) < 4.78 is 5.56. The molecule has 1 aromatic carbocycles. The number of ether oxygens (including phenoxy) is 1. The molecule has 2 saturated heterocycles. The van der Waals surface area contributed by atoms with Crippen LogP contribution in [-0.2, 0) is 16.0 Å². The van der Waals surface area contributed by atoms with Crippen LogP contribution in [0.25, 0.3) is 0 Å². The minimum absolute atomic E-state index is 0.0426. The van der Waals surface area contributed by atoms with E-state index in [4.69, 9.17) is 4.74 Å². The van der Waals surface area contributed by atoms with Gasteiger partial charge in [0.25, 0.3) is 5.91 Å². The van der Waals surface area contributed by atoms with Gasteiger partial charge in [0.1, 0.15) is 0 Å². The first-order valence-electron chi connectivity index (χ1n) is 10.3. The molecule has 5 nitrogen and oxygen atoms in total. The van der Waals surface area contributed by atoms with Crippen LogP contribution in [0.4, 0.5) is 0 Å². The molecule has 27 heavy (non-hydrogen) atoms. The van der Waals surface area contributed by atoms with Crippen molar-refractivity contribution in [3.05, 3.63) is 35.4 Å². The maximum absolute atomic E-state index is 13.1. The van der Waals surface area contributed by atoms with E-state index in [1.165, 1.54) is 18.4 Å². The van der Waals surface area contributed by atoms with Crippen LogP contribution in [0.1, 0.15) is 48.5 Å². The number of carbonyl (C=O) groups is 2. The average Bonchev–Trinajstić information content (AvgIpc) is 3.47. The van der Waals surface area contributed by atoms with Crippen molar-refractivity contribution in [3.8, 4) is 0 Å². The second-order valence-corrected chi connectivity index (χ2v) is 8.45. The van der Waals surface area contributed by atoms with Gasteiger partial charge in [0, 0.05) is 43.8 Å². The summed E-state index contributed by atoms with van der Waals surface area (Å²) in [7, 11) is 0. The Hall–Kier alpha value is -1.88. The summed E-state index contributed by atoms with van der Waals surface area (Å²) >= 11 is 0. The van der Waals surface area contributed by atoms with E-state index in [-0.39, 0.29) is 23.1 Å². The number of aryl methyl sites for hydroxylation is 1. The van der Waals surface area contributed by atoms with Crippen LogP contribution in [0, 0.1) is 17.3 Å². The SMILES string of the molecule is CCc1ccc(C(=O)N2C[C@H](C(=O)NCC3CC3)C3(CCOCC3)C2)cc1. The van der Waals surface area contributed by atoms with Gasteiger partial charge in [0.15, 0.2) is 0 Å². The van der Waals surface area contributed by atoms with E-state index in [2.05, 4.69) is 12.2 Å². The van der Waals surface area contributed by atoms with E-state index in [1.807, 2.05) is 29.2 Å². The van der Waals surface area contributed by atoms with Crippen molar-refractivity contribution in [2.75, 3.05) is 32.8 Å². The molecule has 1 spiro atoms.